The summed E-state index contributed by atoms with van der Waals surface area (Å²) in [6.07, 6.45) is 3.08. The van der Waals surface area contributed by atoms with Gasteiger partial charge in [-0.15, -0.1) is 23.5 Å². The fourth-order valence-corrected chi connectivity index (χ4v) is 4.86. The largest absolute Gasteiger partial charge is 0.461 e. The Balaban J connectivity index is 1.58. The van der Waals surface area contributed by atoms with Crippen LogP contribution in [0.1, 0.15) is 38.8 Å². The van der Waals surface area contributed by atoms with Crippen LogP contribution in [-0.2, 0) is 28.5 Å². The first-order valence-corrected chi connectivity index (χ1v) is 16.4. The summed E-state index contributed by atoms with van der Waals surface area (Å²) >= 11 is 3.32. The standard InChI is InChI=1S/C34H40N2O6S2/c1-25(2)23-41-33(37)29(21-35)19-27-5-9-31(10-6-27)43-17-15-39-13-14-40-16-18-44-32-11-7-28(8-12-32)20-30(22-36)34(38)42-24-26(3)4/h5-12,19-20,25-26H,13-18,23-24H2,1-4H3/b29-19+,30-20+. The van der Waals surface area contributed by atoms with Crippen LogP contribution in [0.4, 0.5) is 0 Å². The van der Waals surface area contributed by atoms with Gasteiger partial charge in [0.05, 0.1) is 39.6 Å². The Labute approximate surface area is 269 Å². The number of nitriles is 2. The van der Waals surface area contributed by atoms with Gasteiger partial charge in [-0.1, -0.05) is 52.0 Å². The maximum atomic E-state index is 12.0. The lowest BCUT2D eigenvalue weighted by Crippen LogP contribution is -2.11. The van der Waals surface area contributed by atoms with E-state index in [2.05, 4.69) is 0 Å². The molecule has 0 aliphatic heterocycles. The van der Waals surface area contributed by atoms with E-state index in [9.17, 15) is 20.1 Å². The third-order valence-corrected chi connectivity index (χ3v) is 7.48. The topological polar surface area (TPSA) is 119 Å². The molecule has 0 saturated heterocycles. The summed E-state index contributed by atoms with van der Waals surface area (Å²) in [5, 5.41) is 18.6. The zero-order valence-corrected chi connectivity index (χ0v) is 27.4. The van der Waals surface area contributed by atoms with Crippen molar-refractivity contribution in [2.75, 3.05) is 51.1 Å². The fraction of sp³-hybridized carbons (Fsp3) is 0.412. The number of carbonyl (C=O) groups is 2. The molecule has 44 heavy (non-hydrogen) atoms. The Morgan fingerprint density at radius 3 is 1.34 bits per heavy atom. The van der Waals surface area contributed by atoms with Crippen molar-refractivity contribution in [1.82, 2.24) is 0 Å². The lowest BCUT2D eigenvalue weighted by Gasteiger charge is -2.07. The first-order valence-electron chi connectivity index (χ1n) is 14.4. The lowest BCUT2D eigenvalue weighted by atomic mass is 10.1. The molecule has 2 aromatic rings. The van der Waals surface area contributed by atoms with Gasteiger partial charge in [-0.2, -0.15) is 10.5 Å². The molecular formula is C34H40N2O6S2. The number of rotatable bonds is 19. The Morgan fingerprint density at radius 2 is 1.02 bits per heavy atom. The summed E-state index contributed by atoms with van der Waals surface area (Å²) < 4.78 is 21.6. The van der Waals surface area contributed by atoms with E-state index in [1.165, 1.54) is 12.2 Å². The van der Waals surface area contributed by atoms with Crippen LogP contribution in [0.3, 0.4) is 0 Å². The van der Waals surface area contributed by atoms with Crippen LogP contribution in [0.5, 0.6) is 0 Å². The molecule has 0 saturated carbocycles. The molecule has 0 bridgehead atoms. The molecule has 0 unspecified atom stereocenters. The number of hydrogen-bond donors (Lipinski definition) is 0. The van der Waals surface area contributed by atoms with Crippen LogP contribution in [0, 0.1) is 34.5 Å². The van der Waals surface area contributed by atoms with E-state index in [1.54, 1.807) is 23.5 Å². The fourth-order valence-electron chi connectivity index (χ4n) is 3.33. The summed E-state index contributed by atoms with van der Waals surface area (Å²) in [6, 6.07) is 19.1. The van der Waals surface area contributed by atoms with Crippen molar-refractivity contribution < 1.29 is 28.5 Å². The summed E-state index contributed by atoms with van der Waals surface area (Å²) in [7, 11) is 0. The average Bonchev–Trinajstić information content (AvgIpc) is 3.02. The quantitative estimate of drug-likeness (QED) is 0.0534. The van der Waals surface area contributed by atoms with E-state index in [-0.39, 0.29) is 36.2 Å². The maximum Gasteiger partial charge on any atom is 0.348 e. The second-order valence-corrected chi connectivity index (χ2v) is 12.7. The average molecular weight is 637 g/mol. The highest BCUT2D eigenvalue weighted by Gasteiger charge is 2.12. The first kappa shape index (κ1) is 36.7. The lowest BCUT2D eigenvalue weighted by molar-refractivity contribution is -0.140. The van der Waals surface area contributed by atoms with Gasteiger partial charge < -0.3 is 18.9 Å². The van der Waals surface area contributed by atoms with E-state index in [1.807, 2.05) is 88.4 Å². The molecule has 10 heteroatoms. The van der Waals surface area contributed by atoms with Gasteiger partial charge in [0.15, 0.2) is 0 Å². The van der Waals surface area contributed by atoms with Crippen molar-refractivity contribution in [2.45, 2.75) is 37.5 Å². The minimum absolute atomic E-state index is 0.0167. The molecule has 2 aromatic carbocycles. The van der Waals surface area contributed by atoms with Crippen LogP contribution < -0.4 is 0 Å². The van der Waals surface area contributed by atoms with Crippen molar-refractivity contribution in [3.05, 3.63) is 70.8 Å². The normalized spacial score (nSPS) is 11.7. The van der Waals surface area contributed by atoms with Crippen molar-refractivity contribution in [3.63, 3.8) is 0 Å². The SMILES string of the molecule is CC(C)COC(=O)/C(C#N)=C/c1ccc(SCCOCCOCCSc2ccc(/C=C(\C#N)C(=O)OCC(C)C)cc2)cc1. The van der Waals surface area contributed by atoms with Gasteiger partial charge in [0.2, 0.25) is 0 Å². The molecule has 0 N–H and O–H groups in total. The number of nitrogens with zero attached hydrogens (tertiary/aromatic N) is 2. The predicted octanol–water partition coefficient (Wildman–Crippen LogP) is 6.82. The molecule has 2 rings (SSSR count). The number of benzene rings is 2. The van der Waals surface area contributed by atoms with Gasteiger partial charge in [0.25, 0.3) is 0 Å². The summed E-state index contributed by atoms with van der Waals surface area (Å²) in [4.78, 5) is 26.2. The minimum atomic E-state index is -0.603. The third-order valence-electron chi connectivity index (χ3n) is 5.52. The molecule has 0 amide bonds. The summed E-state index contributed by atoms with van der Waals surface area (Å²) in [5.41, 5.74) is 1.49. The van der Waals surface area contributed by atoms with Crippen molar-refractivity contribution in [2.24, 2.45) is 11.8 Å². The third kappa shape index (κ3) is 15.3. The molecule has 0 atom stereocenters. The number of carbonyl (C=O) groups excluding carboxylic acids is 2. The predicted molar refractivity (Wildman–Crippen MR) is 175 cm³/mol. The number of thioether (sulfide) groups is 2. The van der Waals surface area contributed by atoms with E-state index >= 15 is 0 Å². The number of ether oxygens (including phenoxy) is 4. The van der Waals surface area contributed by atoms with Gasteiger partial charge in [-0.3, -0.25) is 0 Å². The van der Waals surface area contributed by atoms with Gasteiger partial charge in [-0.05, 0) is 59.4 Å². The van der Waals surface area contributed by atoms with Crippen LogP contribution in [-0.4, -0.2) is 63.1 Å². The molecule has 0 heterocycles. The Bertz CT molecular complexity index is 1220. The minimum Gasteiger partial charge on any atom is -0.461 e. The Morgan fingerprint density at radius 1 is 0.659 bits per heavy atom. The number of hydrogen-bond acceptors (Lipinski definition) is 10. The highest BCUT2D eigenvalue weighted by Crippen LogP contribution is 2.21. The molecule has 0 aromatic heterocycles. The highest BCUT2D eigenvalue weighted by molar-refractivity contribution is 7.99. The molecule has 0 aliphatic carbocycles. The van der Waals surface area contributed by atoms with Gasteiger partial charge >= 0.3 is 11.9 Å². The maximum absolute atomic E-state index is 12.0. The smallest absolute Gasteiger partial charge is 0.348 e. The Kier molecular flexibility index (Phi) is 17.7. The van der Waals surface area contributed by atoms with Gasteiger partial charge in [0, 0.05) is 21.3 Å². The van der Waals surface area contributed by atoms with Crippen molar-refractivity contribution >= 4 is 47.6 Å². The second-order valence-electron chi connectivity index (χ2n) is 10.4. The van der Waals surface area contributed by atoms with Crippen molar-refractivity contribution in [3.8, 4) is 12.1 Å². The van der Waals surface area contributed by atoms with Crippen LogP contribution in [0.2, 0.25) is 0 Å². The van der Waals surface area contributed by atoms with Crippen LogP contribution in [0.15, 0.2) is 69.5 Å². The summed E-state index contributed by atoms with van der Waals surface area (Å²) in [5.74, 6) is 0.785. The summed E-state index contributed by atoms with van der Waals surface area (Å²) in [6.45, 7) is 10.5. The second kappa shape index (κ2) is 21.2. The monoisotopic (exact) mass is 636 g/mol. The zero-order valence-electron chi connectivity index (χ0n) is 25.7. The molecule has 0 fully saturated rings. The molecule has 0 spiro atoms. The van der Waals surface area contributed by atoms with Crippen molar-refractivity contribution in [1.29, 1.82) is 10.5 Å². The molecule has 8 nitrogen and oxygen atoms in total. The molecule has 0 aliphatic rings. The molecule has 234 valence electrons. The highest BCUT2D eigenvalue weighted by atomic mass is 32.2. The van der Waals surface area contributed by atoms with E-state index in [4.69, 9.17) is 18.9 Å². The first-order chi connectivity index (χ1) is 21.2. The van der Waals surface area contributed by atoms with Gasteiger partial charge in [-0.25, -0.2) is 9.59 Å². The van der Waals surface area contributed by atoms with Gasteiger partial charge in [0.1, 0.15) is 23.3 Å². The van der Waals surface area contributed by atoms with Crippen LogP contribution >= 0.6 is 23.5 Å². The van der Waals surface area contributed by atoms with E-state index in [0.29, 0.717) is 26.4 Å². The van der Waals surface area contributed by atoms with Crippen LogP contribution in [0.25, 0.3) is 12.2 Å². The molecular weight excluding hydrogens is 597 g/mol. The van der Waals surface area contributed by atoms with E-state index < -0.39 is 11.9 Å². The Hall–Kier alpha value is -3.54. The zero-order chi connectivity index (χ0) is 32.2. The molecule has 0 radical (unpaired) electrons. The van der Waals surface area contributed by atoms with E-state index in [0.717, 1.165) is 32.4 Å². The number of esters is 2.